The molecular formula is C17H20BrNO. The van der Waals surface area contributed by atoms with E-state index in [-0.39, 0.29) is 0 Å². The van der Waals surface area contributed by atoms with Gasteiger partial charge in [-0.15, -0.1) is 0 Å². The molecule has 0 saturated carbocycles. The second-order valence-corrected chi connectivity index (χ2v) is 6.19. The molecule has 2 aromatic rings. The van der Waals surface area contributed by atoms with Crippen molar-refractivity contribution in [2.45, 2.75) is 33.3 Å². The predicted molar refractivity (Wildman–Crippen MR) is 88.2 cm³/mol. The molecule has 2 rings (SSSR count). The van der Waals surface area contributed by atoms with Gasteiger partial charge in [-0.05, 0) is 42.2 Å². The molecule has 0 radical (unpaired) electrons. The number of hydrogen-bond donors (Lipinski definition) is 1. The predicted octanol–water partition coefficient (Wildman–Crippen LogP) is 5.04. The molecule has 0 bridgehead atoms. The van der Waals surface area contributed by atoms with Crippen LogP contribution in [0.1, 0.15) is 36.5 Å². The quantitative estimate of drug-likeness (QED) is 0.795. The molecule has 0 aromatic heterocycles. The maximum Gasteiger partial charge on any atom is 0.123 e. The Labute approximate surface area is 129 Å². The lowest BCUT2D eigenvalue weighted by Crippen LogP contribution is -2.01. The number of nitrogens with two attached hydrogens (primary N) is 1. The van der Waals surface area contributed by atoms with Crippen LogP contribution in [-0.2, 0) is 6.61 Å². The standard InChI is InChI=1S/C17H20BrNO/c1-11(2)15-7-4-12(3)8-17(15)20-10-13-5-6-14(19)9-16(13)18/h4-9,11H,10,19H2,1-3H3. The van der Waals surface area contributed by atoms with Crippen molar-refractivity contribution in [3.63, 3.8) is 0 Å². The van der Waals surface area contributed by atoms with E-state index in [1.807, 2.05) is 18.2 Å². The summed E-state index contributed by atoms with van der Waals surface area (Å²) in [5, 5.41) is 0. The molecule has 0 aliphatic heterocycles. The average molecular weight is 334 g/mol. The highest BCUT2D eigenvalue weighted by molar-refractivity contribution is 9.10. The van der Waals surface area contributed by atoms with Crippen LogP contribution in [0.4, 0.5) is 5.69 Å². The molecule has 20 heavy (non-hydrogen) atoms. The van der Waals surface area contributed by atoms with Crippen LogP contribution in [0.5, 0.6) is 5.75 Å². The normalized spacial score (nSPS) is 10.8. The zero-order valence-electron chi connectivity index (χ0n) is 12.1. The van der Waals surface area contributed by atoms with Gasteiger partial charge in [-0.25, -0.2) is 0 Å². The number of rotatable bonds is 4. The summed E-state index contributed by atoms with van der Waals surface area (Å²) >= 11 is 3.52. The van der Waals surface area contributed by atoms with Gasteiger partial charge >= 0.3 is 0 Å². The third-order valence-corrected chi connectivity index (χ3v) is 3.99. The van der Waals surface area contributed by atoms with Gasteiger partial charge in [-0.2, -0.15) is 0 Å². The molecule has 106 valence electrons. The van der Waals surface area contributed by atoms with Gasteiger partial charge in [0.15, 0.2) is 0 Å². The third-order valence-electron chi connectivity index (χ3n) is 3.25. The number of hydrogen-bond acceptors (Lipinski definition) is 2. The van der Waals surface area contributed by atoms with Crippen molar-refractivity contribution in [1.29, 1.82) is 0 Å². The van der Waals surface area contributed by atoms with Crippen molar-refractivity contribution in [1.82, 2.24) is 0 Å². The summed E-state index contributed by atoms with van der Waals surface area (Å²) in [6.45, 7) is 6.97. The average Bonchev–Trinajstić information content (AvgIpc) is 2.37. The number of nitrogen functional groups attached to an aromatic ring is 1. The summed E-state index contributed by atoms with van der Waals surface area (Å²) in [7, 11) is 0. The first-order valence-corrected chi connectivity index (χ1v) is 7.54. The maximum atomic E-state index is 6.02. The van der Waals surface area contributed by atoms with E-state index in [4.69, 9.17) is 10.5 Å². The second-order valence-electron chi connectivity index (χ2n) is 5.34. The molecule has 2 N–H and O–H groups in total. The van der Waals surface area contributed by atoms with Crippen LogP contribution in [0.2, 0.25) is 0 Å². The smallest absolute Gasteiger partial charge is 0.123 e. The fourth-order valence-corrected chi connectivity index (χ4v) is 2.59. The largest absolute Gasteiger partial charge is 0.489 e. The second kappa shape index (κ2) is 6.31. The highest BCUT2D eigenvalue weighted by Gasteiger charge is 2.09. The lowest BCUT2D eigenvalue weighted by Gasteiger charge is -2.15. The van der Waals surface area contributed by atoms with Gasteiger partial charge in [0, 0.05) is 15.7 Å². The van der Waals surface area contributed by atoms with Crippen molar-refractivity contribution in [2.24, 2.45) is 0 Å². The van der Waals surface area contributed by atoms with Crippen molar-refractivity contribution < 1.29 is 4.74 Å². The monoisotopic (exact) mass is 333 g/mol. The van der Waals surface area contributed by atoms with Gasteiger partial charge in [0.05, 0.1) is 0 Å². The van der Waals surface area contributed by atoms with E-state index in [1.54, 1.807) is 0 Å². The van der Waals surface area contributed by atoms with E-state index < -0.39 is 0 Å². The minimum absolute atomic E-state index is 0.445. The van der Waals surface area contributed by atoms with Crippen LogP contribution < -0.4 is 10.5 Å². The van der Waals surface area contributed by atoms with E-state index in [1.165, 1.54) is 11.1 Å². The minimum Gasteiger partial charge on any atom is -0.489 e. The first-order valence-electron chi connectivity index (χ1n) is 6.74. The first-order chi connectivity index (χ1) is 9.47. The zero-order chi connectivity index (χ0) is 14.7. The summed E-state index contributed by atoms with van der Waals surface area (Å²) in [6.07, 6.45) is 0. The summed E-state index contributed by atoms with van der Waals surface area (Å²) in [6, 6.07) is 12.2. The molecule has 0 heterocycles. The maximum absolute atomic E-state index is 6.02. The lowest BCUT2D eigenvalue weighted by molar-refractivity contribution is 0.301. The summed E-state index contributed by atoms with van der Waals surface area (Å²) < 4.78 is 7.00. The van der Waals surface area contributed by atoms with Gasteiger partial charge in [0.2, 0.25) is 0 Å². The van der Waals surface area contributed by atoms with Gasteiger partial charge < -0.3 is 10.5 Å². The first kappa shape index (κ1) is 14.9. The Morgan fingerprint density at radius 2 is 1.90 bits per heavy atom. The van der Waals surface area contributed by atoms with E-state index >= 15 is 0 Å². The number of anilines is 1. The van der Waals surface area contributed by atoms with Crippen LogP contribution >= 0.6 is 15.9 Å². The Kier molecular flexibility index (Phi) is 4.71. The number of benzene rings is 2. The molecule has 0 spiro atoms. The Bertz CT molecular complexity index is 608. The third kappa shape index (κ3) is 3.54. The number of halogens is 1. The SMILES string of the molecule is Cc1ccc(C(C)C)c(OCc2ccc(N)cc2Br)c1. The summed E-state index contributed by atoms with van der Waals surface area (Å²) in [5.74, 6) is 1.41. The lowest BCUT2D eigenvalue weighted by atomic mass is 10.0. The fourth-order valence-electron chi connectivity index (χ4n) is 2.08. The molecule has 2 nitrogen and oxygen atoms in total. The molecule has 0 saturated heterocycles. The van der Waals surface area contributed by atoms with Gasteiger partial charge in [0.1, 0.15) is 12.4 Å². The molecule has 3 heteroatoms. The van der Waals surface area contributed by atoms with Crippen molar-refractivity contribution in [2.75, 3.05) is 5.73 Å². The van der Waals surface area contributed by atoms with Gasteiger partial charge in [0.25, 0.3) is 0 Å². The van der Waals surface area contributed by atoms with Crippen LogP contribution in [0.25, 0.3) is 0 Å². The number of aryl methyl sites for hydroxylation is 1. The van der Waals surface area contributed by atoms with E-state index in [9.17, 15) is 0 Å². The molecular weight excluding hydrogens is 314 g/mol. The van der Waals surface area contributed by atoms with Crippen LogP contribution in [0, 0.1) is 6.92 Å². The molecule has 0 unspecified atom stereocenters. The highest BCUT2D eigenvalue weighted by atomic mass is 79.9. The molecule has 0 aliphatic rings. The highest BCUT2D eigenvalue weighted by Crippen LogP contribution is 2.29. The van der Waals surface area contributed by atoms with Gasteiger partial charge in [-0.1, -0.05) is 48.0 Å². The Hall–Kier alpha value is -1.48. The molecule has 0 amide bonds. The molecule has 2 aromatic carbocycles. The summed E-state index contributed by atoms with van der Waals surface area (Å²) in [5.41, 5.74) is 10.0. The van der Waals surface area contributed by atoms with Gasteiger partial charge in [-0.3, -0.25) is 0 Å². The van der Waals surface area contributed by atoms with Crippen molar-refractivity contribution >= 4 is 21.6 Å². The topological polar surface area (TPSA) is 35.2 Å². The van der Waals surface area contributed by atoms with Crippen LogP contribution in [-0.4, -0.2) is 0 Å². The van der Waals surface area contributed by atoms with E-state index in [2.05, 4.69) is 54.9 Å². The molecule has 0 atom stereocenters. The Balaban J connectivity index is 2.20. The van der Waals surface area contributed by atoms with Crippen molar-refractivity contribution in [3.8, 4) is 5.75 Å². The molecule has 0 aliphatic carbocycles. The minimum atomic E-state index is 0.445. The Morgan fingerprint density at radius 3 is 2.55 bits per heavy atom. The van der Waals surface area contributed by atoms with Crippen LogP contribution in [0.15, 0.2) is 40.9 Å². The van der Waals surface area contributed by atoms with E-state index in [0.29, 0.717) is 12.5 Å². The Morgan fingerprint density at radius 1 is 1.15 bits per heavy atom. The van der Waals surface area contributed by atoms with E-state index in [0.717, 1.165) is 21.5 Å². The fraction of sp³-hybridized carbons (Fsp3) is 0.294. The molecule has 0 fully saturated rings. The summed E-state index contributed by atoms with van der Waals surface area (Å²) in [4.78, 5) is 0. The van der Waals surface area contributed by atoms with Crippen molar-refractivity contribution in [3.05, 3.63) is 57.6 Å². The zero-order valence-corrected chi connectivity index (χ0v) is 13.7. The number of ether oxygens (including phenoxy) is 1. The van der Waals surface area contributed by atoms with Crippen LogP contribution in [0.3, 0.4) is 0 Å².